The molecule has 1 aliphatic rings. The van der Waals surface area contributed by atoms with Crippen molar-refractivity contribution in [2.45, 2.75) is 79.1 Å². The molecule has 1 heterocycles. The molecule has 0 aromatic heterocycles. The van der Waals surface area contributed by atoms with E-state index in [1.807, 2.05) is 5.20 Å². The minimum absolute atomic E-state index is 0.817. The lowest BCUT2D eigenvalue weighted by Crippen LogP contribution is -2.26. The molecule has 0 aliphatic carbocycles. The van der Waals surface area contributed by atoms with Crippen LogP contribution in [0.3, 0.4) is 0 Å². The summed E-state index contributed by atoms with van der Waals surface area (Å²) in [5, 5.41) is 1.88. The Morgan fingerprint density at radius 1 is 1.06 bits per heavy atom. The summed E-state index contributed by atoms with van der Waals surface area (Å²) in [6, 6.07) is 0. The van der Waals surface area contributed by atoms with Gasteiger partial charge in [-0.25, -0.2) is 0 Å². The molecule has 0 fully saturated rings. The van der Waals surface area contributed by atoms with Crippen molar-refractivity contribution >= 4 is 14.8 Å². The summed E-state index contributed by atoms with van der Waals surface area (Å²) in [5.74, 6) is 0. The van der Waals surface area contributed by atoms with Gasteiger partial charge in [-0.3, -0.25) is 0 Å². The molecule has 0 N–H and O–H groups in total. The lowest BCUT2D eigenvalue weighted by Gasteiger charge is -2.23. The van der Waals surface area contributed by atoms with Gasteiger partial charge >= 0.3 is 0 Å². The first-order chi connectivity index (χ1) is 8.51. The second-order valence-electron chi connectivity index (χ2n) is 6.25. The molecule has 0 aromatic carbocycles. The standard InChI is InChI=1S/C16H31BSi/c1-7-11-12-15-16(17(9-3)10-4)14(8-2)13-18(15,5)6/h13H,7-12H2,1-6H3. The van der Waals surface area contributed by atoms with Crippen molar-refractivity contribution in [1.29, 1.82) is 0 Å². The Labute approximate surface area is 116 Å². The fraction of sp³-hybridized carbons (Fsp3) is 0.750. The second kappa shape index (κ2) is 6.79. The summed E-state index contributed by atoms with van der Waals surface area (Å²) in [4.78, 5) is 0. The van der Waals surface area contributed by atoms with Crippen LogP contribution < -0.4 is 0 Å². The molecule has 0 aromatic rings. The third-order valence-electron chi connectivity index (χ3n) is 4.54. The van der Waals surface area contributed by atoms with Crippen LogP contribution in [-0.2, 0) is 0 Å². The van der Waals surface area contributed by atoms with Crippen LogP contribution in [0.15, 0.2) is 21.9 Å². The van der Waals surface area contributed by atoms with Crippen LogP contribution in [0.2, 0.25) is 25.7 Å². The van der Waals surface area contributed by atoms with E-state index in [0.29, 0.717) is 0 Å². The summed E-state index contributed by atoms with van der Waals surface area (Å²) < 4.78 is 0. The van der Waals surface area contributed by atoms with Gasteiger partial charge in [0.2, 0.25) is 0 Å². The van der Waals surface area contributed by atoms with Gasteiger partial charge in [-0.1, -0.05) is 88.2 Å². The van der Waals surface area contributed by atoms with E-state index in [1.54, 1.807) is 11.0 Å². The quantitative estimate of drug-likeness (QED) is 0.517. The van der Waals surface area contributed by atoms with Crippen molar-refractivity contribution in [3.05, 3.63) is 21.9 Å². The Balaban J connectivity index is 3.16. The Morgan fingerprint density at radius 3 is 2.11 bits per heavy atom. The maximum atomic E-state index is 2.69. The molecule has 0 amide bonds. The number of rotatable bonds is 7. The zero-order chi connectivity index (χ0) is 13.8. The fourth-order valence-corrected chi connectivity index (χ4v) is 6.73. The van der Waals surface area contributed by atoms with Gasteiger partial charge in [0.25, 0.3) is 0 Å². The van der Waals surface area contributed by atoms with Gasteiger partial charge in [-0.05, 0) is 12.8 Å². The van der Waals surface area contributed by atoms with Crippen LogP contribution >= 0.6 is 0 Å². The Kier molecular flexibility index (Phi) is 5.97. The Hall–Kier alpha value is -0.238. The third kappa shape index (κ3) is 3.20. The Bertz CT molecular complexity index is 335. The molecule has 0 saturated heterocycles. The maximum Gasteiger partial charge on any atom is 0.175 e. The Morgan fingerprint density at radius 2 is 1.67 bits per heavy atom. The lowest BCUT2D eigenvalue weighted by molar-refractivity contribution is 0.802. The number of hydrogen-bond donors (Lipinski definition) is 0. The van der Waals surface area contributed by atoms with Crippen LogP contribution in [0.1, 0.15) is 53.4 Å². The highest BCUT2D eigenvalue weighted by molar-refractivity contribution is 6.92. The summed E-state index contributed by atoms with van der Waals surface area (Å²) in [5.41, 5.74) is 6.19. The van der Waals surface area contributed by atoms with E-state index in [2.05, 4.69) is 46.5 Å². The largest absolute Gasteiger partial charge is 0.175 e. The minimum Gasteiger partial charge on any atom is -0.0879 e. The maximum absolute atomic E-state index is 2.69. The molecule has 102 valence electrons. The van der Waals surface area contributed by atoms with Gasteiger partial charge in [0, 0.05) is 0 Å². The molecule has 1 aliphatic heterocycles. The number of allylic oxidation sites excluding steroid dienone is 3. The number of hydrogen-bond acceptors (Lipinski definition) is 0. The minimum atomic E-state index is -1.23. The molecule has 0 bridgehead atoms. The van der Waals surface area contributed by atoms with Crippen molar-refractivity contribution in [3.63, 3.8) is 0 Å². The molecule has 0 nitrogen and oxygen atoms in total. The lowest BCUT2D eigenvalue weighted by atomic mass is 9.39. The van der Waals surface area contributed by atoms with Gasteiger partial charge in [-0.2, -0.15) is 0 Å². The predicted molar refractivity (Wildman–Crippen MR) is 89.1 cm³/mol. The van der Waals surface area contributed by atoms with E-state index < -0.39 is 8.07 Å². The molecule has 18 heavy (non-hydrogen) atoms. The third-order valence-corrected chi connectivity index (χ3v) is 7.68. The number of unbranched alkanes of at least 4 members (excludes halogenated alkanes) is 1. The fourth-order valence-electron chi connectivity index (χ4n) is 3.45. The molecule has 0 spiro atoms. The van der Waals surface area contributed by atoms with Crippen LogP contribution in [0.25, 0.3) is 0 Å². The van der Waals surface area contributed by atoms with Crippen LogP contribution in [-0.4, -0.2) is 14.8 Å². The van der Waals surface area contributed by atoms with Gasteiger partial charge in [-0.15, -0.1) is 0 Å². The molecule has 1 rings (SSSR count). The first kappa shape index (κ1) is 15.8. The first-order valence-corrected chi connectivity index (χ1v) is 11.0. The summed E-state index contributed by atoms with van der Waals surface area (Å²) in [6.45, 7) is 15.3. The van der Waals surface area contributed by atoms with Crippen molar-refractivity contribution in [3.8, 4) is 0 Å². The van der Waals surface area contributed by atoms with Crippen LogP contribution in [0, 0.1) is 0 Å². The van der Waals surface area contributed by atoms with E-state index >= 15 is 0 Å². The van der Waals surface area contributed by atoms with Crippen LogP contribution in [0.4, 0.5) is 0 Å². The normalized spacial score (nSPS) is 18.2. The SMILES string of the molecule is CCCCC1=C(B(CC)CC)C(CC)=C[Si]1(C)C. The van der Waals surface area contributed by atoms with Crippen molar-refractivity contribution in [2.24, 2.45) is 0 Å². The molecule has 0 atom stereocenters. The molecule has 0 radical (unpaired) electrons. The predicted octanol–water partition coefficient (Wildman–Crippen LogP) is 5.68. The van der Waals surface area contributed by atoms with Gasteiger partial charge in [0.05, 0.1) is 8.07 Å². The summed E-state index contributed by atoms with van der Waals surface area (Å²) in [7, 11) is -1.23. The van der Waals surface area contributed by atoms with Gasteiger partial charge in [0.15, 0.2) is 6.71 Å². The van der Waals surface area contributed by atoms with E-state index in [1.165, 1.54) is 38.3 Å². The molecule has 0 saturated carbocycles. The van der Waals surface area contributed by atoms with Crippen molar-refractivity contribution in [1.82, 2.24) is 0 Å². The second-order valence-corrected chi connectivity index (χ2v) is 10.6. The zero-order valence-corrected chi connectivity index (χ0v) is 14.4. The summed E-state index contributed by atoms with van der Waals surface area (Å²) >= 11 is 0. The topological polar surface area (TPSA) is 0 Å². The van der Waals surface area contributed by atoms with Gasteiger partial charge < -0.3 is 0 Å². The highest BCUT2D eigenvalue weighted by Crippen LogP contribution is 2.39. The highest BCUT2D eigenvalue weighted by Gasteiger charge is 2.35. The molecule has 2 heteroatoms. The average Bonchev–Trinajstić information content (AvgIpc) is 2.60. The first-order valence-electron chi connectivity index (χ1n) is 7.97. The molecular formula is C16H31BSi. The van der Waals surface area contributed by atoms with E-state index in [9.17, 15) is 0 Å². The average molecular weight is 262 g/mol. The zero-order valence-electron chi connectivity index (χ0n) is 13.4. The van der Waals surface area contributed by atoms with Gasteiger partial charge in [0.1, 0.15) is 0 Å². The van der Waals surface area contributed by atoms with E-state index in [-0.39, 0.29) is 0 Å². The molecular weight excluding hydrogens is 231 g/mol. The van der Waals surface area contributed by atoms with Crippen molar-refractivity contribution < 1.29 is 0 Å². The van der Waals surface area contributed by atoms with Crippen molar-refractivity contribution in [2.75, 3.05) is 0 Å². The highest BCUT2D eigenvalue weighted by atomic mass is 28.3. The molecule has 0 unspecified atom stereocenters. The van der Waals surface area contributed by atoms with E-state index in [4.69, 9.17) is 0 Å². The monoisotopic (exact) mass is 262 g/mol. The smallest absolute Gasteiger partial charge is 0.0879 e. The van der Waals surface area contributed by atoms with E-state index in [0.717, 1.165) is 6.71 Å². The van der Waals surface area contributed by atoms with Crippen LogP contribution in [0.5, 0.6) is 0 Å². The summed E-state index contributed by atoms with van der Waals surface area (Å²) in [6.07, 6.45) is 7.91.